The molecule has 0 bridgehead atoms. The Balaban J connectivity index is 2.87. The maximum absolute atomic E-state index is 11.9. The number of alkyl halides is 1. The number of hydrogen-bond donors (Lipinski definition) is 0. The fourth-order valence-electron chi connectivity index (χ4n) is 1.46. The minimum absolute atomic E-state index is 0.221. The van der Waals surface area contributed by atoms with E-state index in [1.807, 2.05) is 43.3 Å². The first-order chi connectivity index (χ1) is 7.16. The van der Waals surface area contributed by atoms with Gasteiger partial charge in [-0.15, -0.1) is 0 Å². The molecule has 15 heavy (non-hydrogen) atoms. The van der Waals surface area contributed by atoms with Crippen LogP contribution in [0.4, 0.5) is 5.69 Å². The number of nitrogens with zero attached hydrogens (tertiary/aromatic N) is 1. The van der Waals surface area contributed by atoms with Gasteiger partial charge in [-0.3, -0.25) is 4.79 Å². The molecule has 0 unspecified atom stereocenters. The average molecular weight is 270 g/mol. The van der Waals surface area contributed by atoms with Crippen LogP contribution in [-0.4, -0.2) is 25.2 Å². The summed E-state index contributed by atoms with van der Waals surface area (Å²) in [6, 6.07) is 7.73. The molecule has 0 aliphatic rings. The van der Waals surface area contributed by atoms with Crippen LogP contribution in [0.2, 0.25) is 0 Å². The summed E-state index contributed by atoms with van der Waals surface area (Å²) >= 11 is 3.34. The van der Waals surface area contributed by atoms with Crippen LogP contribution in [0, 0.1) is 0 Å². The van der Waals surface area contributed by atoms with Crippen LogP contribution in [0.15, 0.2) is 24.3 Å². The van der Waals surface area contributed by atoms with Crippen LogP contribution in [0.25, 0.3) is 0 Å². The molecule has 0 fully saturated rings. The highest BCUT2D eigenvalue weighted by Gasteiger charge is 2.11. The van der Waals surface area contributed by atoms with Gasteiger partial charge in [-0.2, -0.15) is 0 Å². The van der Waals surface area contributed by atoms with E-state index in [1.165, 1.54) is 0 Å². The predicted octanol–water partition coefficient (Wildman–Crippen LogP) is 3.11. The normalized spacial score (nSPS) is 10.1. The van der Waals surface area contributed by atoms with Gasteiger partial charge in [-0.25, -0.2) is 0 Å². The van der Waals surface area contributed by atoms with Gasteiger partial charge in [0.2, 0.25) is 0 Å². The Kier molecular flexibility index (Phi) is 4.82. The molecule has 0 aliphatic carbocycles. The molecule has 0 spiro atoms. The Hall–Kier alpha value is -0.830. The zero-order valence-corrected chi connectivity index (χ0v) is 10.8. The van der Waals surface area contributed by atoms with Crippen molar-refractivity contribution >= 4 is 27.4 Å². The third kappa shape index (κ3) is 3.34. The van der Waals surface area contributed by atoms with Crippen molar-refractivity contribution in [1.29, 1.82) is 0 Å². The van der Waals surface area contributed by atoms with Gasteiger partial charge < -0.3 is 4.90 Å². The molecule has 0 saturated carbocycles. The van der Waals surface area contributed by atoms with Crippen LogP contribution < -0.4 is 4.90 Å². The maximum atomic E-state index is 11.9. The van der Waals surface area contributed by atoms with Crippen molar-refractivity contribution in [2.45, 2.75) is 12.8 Å². The fourth-order valence-corrected chi connectivity index (χ4v) is 1.74. The van der Waals surface area contributed by atoms with E-state index in [0.29, 0.717) is 6.42 Å². The number of anilines is 1. The zero-order chi connectivity index (χ0) is 11.3. The van der Waals surface area contributed by atoms with Gasteiger partial charge in [0.1, 0.15) is 0 Å². The smallest absolute Gasteiger partial charge is 0.164 e. The number of benzene rings is 1. The maximum Gasteiger partial charge on any atom is 0.164 e. The highest BCUT2D eigenvalue weighted by Crippen LogP contribution is 2.20. The summed E-state index contributed by atoms with van der Waals surface area (Å²) < 4.78 is 0. The Morgan fingerprint density at radius 2 is 2.00 bits per heavy atom. The minimum Gasteiger partial charge on any atom is -0.377 e. The number of Topliss-reactive ketones (excluding diaryl/α,β-unsaturated/α-hetero) is 1. The summed E-state index contributed by atoms with van der Waals surface area (Å²) in [6.45, 7) is 0. The molecule has 1 rings (SSSR count). The molecule has 82 valence electrons. The van der Waals surface area contributed by atoms with Gasteiger partial charge in [0.25, 0.3) is 0 Å². The molecule has 0 N–H and O–H groups in total. The summed E-state index contributed by atoms with van der Waals surface area (Å²) in [5, 5.41) is 0.878. The van der Waals surface area contributed by atoms with Crippen LogP contribution in [-0.2, 0) is 0 Å². The van der Waals surface area contributed by atoms with E-state index in [2.05, 4.69) is 15.9 Å². The monoisotopic (exact) mass is 269 g/mol. The quantitative estimate of drug-likeness (QED) is 0.605. The topological polar surface area (TPSA) is 20.3 Å². The van der Waals surface area contributed by atoms with Gasteiger partial charge in [-0.05, 0) is 18.6 Å². The van der Waals surface area contributed by atoms with E-state index in [0.717, 1.165) is 23.0 Å². The standard InChI is InChI=1S/C12H16BrNO/c1-14(2)11-7-4-3-6-10(11)12(15)8-5-9-13/h3-4,6-7H,5,8-9H2,1-2H3. The third-order valence-electron chi connectivity index (χ3n) is 2.22. The molecular weight excluding hydrogens is 254 g/mol. The second kappa shape index (κ2) is 5.91. The Morgan fingerprint density at radius 3 is 2.60 bits per heavy atom. The molecule has 0 radical (unpaired) electrons. The second-order valence-electron chi connectivity index (χ2n) is 3.63. The molecule has 0 saturated heterocycles. The van der Waals surface area contributed by atoms with Crippen molar-refractivity contribution in [3.63, 3.8) is 0 Å². The molecule has 3 heteroatoms. The largest absolute Gasteiger partial charge is 0.377 e. The highest BCUT2D eigenvalue weighted by molar-refractivity contribution is 9.09. The van der Waals surface area contributed by atoms with Crippen LogP contribution >= 0.6 is 15.9 Å². The van der Waals surface area contributed by atoms with E-state index in [-0.39, 0.29) is 5.78 Å². The van der Waals surface area contributed by atoms with E-state index >= 15 is 0 Å². The fraction of sp³-hybridized carbons (Fsp3) is 0.417. The summed E-state index contributed by atoms with van der Waals surface area (Å²) in [6.07, 6.45) is 1.50. The van der Waals surface area contributed by atoms with Crippen molar-refractivity contribution in [3.05, 3.63) is 29.8 Å². The van der Waals surface area contributed by atoms with Gasteiger partial charge >= 0.3 is 0 Å². The van der Waals surface area contributed by atoms with E-state index in [9.17, 15) is 4.79 Å². The Morgan fingerprint density at radius 1 is 1.33 bits per heavy atom. The lowest BCUT2D eigenvalue weighted by Crippen LogP contribution is -2.13. The molecule has 1 aromatic carbocycles. The summed E-state index contributed by atoms with van der Waals surface area (Å²) in [7, 11) is 3.91. The summed E-state index contributed by atoms with van der Waals surface area (Å²) in [4.78, 5) is 13.9. The summed E-state index contributed by atoms with van der Waals surface area (Å²) in [5.41, 5.74) is 1.82. The number of halogens is 1. The average Bonchev–Trinajstić information content (AvgIpc) is 2.25. The van der Waals surface area contributed by atoms with E-state index < -0.39 is 0 Å². The Labute approximate surface area is 99.4 Å². The number of carbonyl (C=O) groups is 1. The molecule has 2 nitrogen and oxygen atoms in total. The number of hydrogen-bond acceptors (Lipinski definition) is 2. The van der Waals surface area contributed by atoms with Gasteiger partial charge in [0.05, 0.1) is 0 Å². The van der Waals surface area contributed by atoms with E-state index in [4.69, 9.17) is 0 Å². The molecule has 0 atom stereocenters. The first-order valence-electron chi connectivity index (χ1n) is 5.02. The lowest BCUT2D eigenvalue weighted by molar-refractivity contribution is 0.0982. The molecule has 0 aliphatic heterocycles. The zero-order valence-electron chi connectivity index (χ0n) is 9.16. The van der Waals surface area contributed by atoms with E-state index in [1.54, 1.807) is 0 Å². The molecule has 0 aromatic heterocycles. The van der Waals surface area contributed by atoms with Gasteiger partial charge in [-0.1, -0.05) is 28.1 Å². The lowest BCUT2D eigenvalue weighted by atomic mass is 10.0. The lowest BCUT2D eigenvalue weighted by Gasteiger charge is -2.16. The van der Waals surface area contributed by atoms with Crippen molar-refractivity contribution in [3.8, 4) is 0 Å². The molecular formula is C12H16BrNO. The van der Waals surface area contributed by atoms with Crippen molar-refractivity contribution in [2.24, 2.45) is 0 Å². The predicted molar refractivity (Wildman–Crippen MR) is 68.1 cm³/mol. The first-order valence-corrected chi connectivity index (χ1v) is 6.14. The number of para-hydroxylation sites is 1. The van der Waals surface area contributed by atoms with Crippen molar-refractivity contribution in [2.75, 3.05) is 24.3 Å². The van der Waals surface area contributed by atoms with Gasteiger partial charge in [0.15, 0.2) is 5.78 Å². The Bertz CT molecular complexity index is 336. The van der Waals surface area contributed by atoms with Crippen LogP contribution in [0.1, 0.15) is 23.2 Å². The molecule has 0 amide bonds. The number of rotatable bonds is 5. The van der Waals surface area contributed by atoms with Crippen molar-refractivity contribution in [1.82, 2.24) is 0 Å². The minimum atomic E-state index is 0.221. The van der Waals surface area contributed by atoms with Crippen LogP contribution in [0.3, 0.4) is 0 Å². The molecule has 1 aromatic rings. The number of carbonyl (C=O) groups excluding carboxylic acids is 1. The van der Waals surface area contributed by atoms with Crippen molar-refractivity contribution < 1.29 is 4.79 Å². The highest BCUT2D eigenvalue weighted by atomic mass is 79.9. The first kappa shape index (κ1) is 12.2. The second-order valence-corrected chi connectivity index (χ2v) is 4.42. The summed E-state index contributed by atoms with van der Waals surface area (Å²) in [5.74, 6) is 0.221. The SMILES string of the molecule is CN(C)c1ccccc1C(=O)CCCBr. The molecule has 0 heterocycles. The van der Waals surface area contributed by atoms with Gasteiger partial charge in [0, 0.05) is 37.1 Å². The third-order valence-corrected chi connectivity index (χ3v) is 2.78. The van der Waals surface area contributed by atoms with Crippen LogP contribution in [0.5, 0.6) is 0 Å². The number of ketones is 1.